The van der Waals surface area contributed by atoms with Gasteiger partial charge in [-0.1, -0.05) is 139 Å². The monoisotopic (exact) mass is 663 g/mol. The van der Waals surface area contributed by atoms with Crippen LogP contribution < -0.4 is 4.90 Å². The molecule has 0 radical (unpaired) electrons. The van der Waals surface area contributed by atoms with Gasteiger partial charge < -0.3 is 4.90 Å². The van der Waals surface area contributed by atoms with Crippen molar-refractivity contribution in [3.05, 3.63) is 179 Å². The summed E-state index contributed by atoms with van der Waals surface area (Å²) in [6.45, 7) is 0. The van der Waals surface area contributed by atoms with Crippen LogP contribution in [0.1, 0.15) is 11.5 Å². The Morgan fingerprint density at radius 2 is 1.10 bits per heavy atom. The summed E-state index contributed by atoms with van der Waals surface area (Å²) in [5.74, 6) is 0.981. The van der Waals surface area contributed by atoms with Crippen molar-refractivity contribution in [1.82, 2.24) is 9.97 Å². The van der Waals surface area contributed by atoms with Crippen molar-refractivity contribution in [2.24, 2.45) is 0 Å². The van der Waals surface area contributed by atoms with Crippen LogP contribution >= 0.6 is 23.5 Å². The van der Waals surface area contributed by atoms with Gasteiger partial charge in [-0.15, -0.1) is 0 Å². The van der Waals surface area contributed by atoms with Gasteiger partial charge in [0.2, 0.25) is 0 Å². The average molecular weight is 664 g/mol. The van der Waals surface area contributed by atoms with E-state index in [-0.39, 0.29) is 12.0 Å². The number of thioether (sulfide) groups is 2. The highest BCUT2D eigenvalue weighted by Crippen LogP contribution is 2.58. The number of benzene rings is 6. The van der Waals surface area contributed by atoms with Crippen LogP contribution in [0.25, 0.3) is 44.7 Å². The van der Waals surface area contributed by atoms with Crippen molar-refractivity contribution in [2.45, 2.75) is 21.8 Å². The van der Waals surface area contributed by atoms with Gasteiger partial charge in [-0.3, -0.25) is 0 Å². The molecule has 7 aromatic rings. The van der Waals surface area contributed by atoms with Crippen LogP contribution in [0, 0.1) is 0 Å². The first-order valence-corrected chi connectivity index (χ1v) is 18.2. The summed E-state index contributed by atoms with van der Waals surface area (Å²) in [5, 5.41) is 2.54. The molecule has 232 valence electrons. The molecule has 2 atom stereocenters. The predicted octanol–water partition coefficient (Wildman–Crippen LogP) is 11.9. The molecule has 0 saturated carbocycles. The lowest BCUT2D eigenvalue weighted by molar-refractivity contribution is 0.742. The first kappa shape index (κ1) is 28.6. The van der Waals surface area contributed by atoms with E-state index < -0.39 is 0 Å². The van der Waals surface area contributed by atoms with Gasteiger partial charge >= 0.3 is 0 Å². The molecule has 0 saturated heterocycles. The van der Waals surface area contributed by atoms with Gasteiger partial charge in [0.1, 0.15) is 0 Å². The van der Waals surface area contributed by atoms with Gasteiger partial charge in [-0.2, -0.15) is 0 Å². The third-order valence-electron chi connectivity index (χ3n) is 9.65. The molecule has 5 heteroatoms. The lowest BCUT2D eigenvalue weighted by Crippen LogP contribution is -2.30. The number of hydrogen-bond acceptors (Lipinski definition) is 5. The highest BCUT2D eigenvalue weighted by atomic mass is 32.2. The largest absolute Gasteiger partial charge is 0.333 e. The number of anilines is 2. The Balaban J connectivity index is 1.09. The Bertz CT molecular complexity index is 2400. The van der Waals surface area contributed by atoms with Crippen LogP contribution in [-0.4, -0.2) is 16.0 Å². The molecular weight excluding hydrogens is 635 g/mol. The molecule has 0 fully saturated rings. The molecule has 0 spiro atoms. The molecular formula is C44H29N3S2. The van der Waals surface area contributed by atoms with Gasteiger partial charge in [-0.05, 0) is 59.5 Å². The fraction of sp³-hybridized carbons (Fsp3) is 0.0455. The predicted molar refractivity (Wildman–Crippen MR) is 205 cm³/mol. The SMILES string of the molecule is C1=C2Sc3ccccc3SC2=CC2C1c1ccc3ccccc3c1N2c1ccc(-c2nc(-c3ccccc3)cc(-c3ccccc3)n2)cc1. The molecule has 2 unspecified atom stereocenters. The van der Waals surface area contributed by atoms with Crippen molar-refractivity contribution in [2.75, 3.05) is 4.90 Å². The van der Waals surface area contributed by atoms with Gasteiger partial charge in [0.25, 0.3) is 0 Å². The molecule has 0 N–H and O–H groups in total. The molecule has 3 nitrogen and oxygen atoms in total. The Labute approximate surface area is 294 Å². The highest BCUT2D eigenvalue weighted by Gasteiger charge is 2.41. The summed E-state index contributed by atoms with van der Waals surface area (Å²) < 4.78 is 0. The van der Waals surface area contributed by atoms with Gasteiger partial charge in [0, 0.05) is 53.3 Å². The standard InChI is InChI=1S/C44H29N3S2/c1-3-12-29(13-4-1)36-26-37(30-14-5-2-6-15-30)46-44(45-36)31-19-22-32(23-20-31)47-38-27-42-41(48-39-17-9-10-18-40(39)49-42)25-35(38)34-24-21-28-11-7-8-16-33(28)43(34)47/h1-27,35,38H. The molecule has 49 heavy (non-hydrogen) atoms. The first-order chi connectivity index (χ1) is 24.3. The van der Waals surface area contributed by atoms with E-state index in [4.69, 9.17) is 9.97 Å². The van der Waals surface area contributed by atoms with E-state index in [1.54, 1.807) is 0 Å². The first-order valence-electron chi connectivity index (χ1n) is 16.6. The maximum atomic E-state index is 5.09. The van der Waals surface area contributed by atoms with Crippen LogP contribution in [0.3, 0.4) is 0 Å². The minimum Gasteiger partial charge on any atom is -0.333 e. The summed E-state index contributed by atoms with van der Waals surface area (Å²) in [5.41, 5.74) is 8.82. The smallest absolute Gasteiger partial charge is 0.160 e. The third-order valence-corrected chi connectivity index (χ3v) is 12.2. The molecule has 0 bridgehead atoms. The van der Waals surface area contributed by atoms with Gasteiger partial charge in [0.15, 0.2) is 5.82 Å². The summed E-state index contributed by atoms with van der Waals surface area (Å²) in [4.78, 5) is 18.1. The van der Waals surface area contributed by atoms with Crippen molar-refractivity contribution in [1.29, 1.82) is 0 Å². The second-order valence-corrected chi connectivity index (χ2v) is 14.7. The van der Waals surface area contributed by atoms with E-state index in [0.717, 1.165) is 33.9 Å². The van der Waals surface area contributed by atoms with Crippen LogP contribution in [0.5, 0.6) is 0 Å². The average Bonchev–Trinajstić information content (AvgIpc) is 3.50. The molecule has 10 rings (SSSR count). The molecule has 1 aromatic heterocycles. The van der Waals surface area contributed by atoms with Crippen molar-refractivity contribution in [3.63, 3.8) is 0 Å². The van der Waals surface area contributed by atoms with Crippen molar-refractivity contribution >= 4 is 45.7 Å². The van der Waals surface area contributed by atoms with Crippen molar-refractivity contribution < 1.29 is 0 Å². The summed E-state index contributed by atoms with van der Waals surface area (Å²) >= 11 is 3.80. The zero-order valence-corrected chi connectivity index (χ0v) is 28.0. The number of nitrogens with zero attached hydrogens (tertiary/aromatic N) is 3. The Kier molecular flexibility index (Phi) is 6.81. The van der Waals surface area contributed by atoms with Crippen molar-refractivity contribution in [3.8, 4) is 33.9 Å². The minimum absolute atomic E-state index is 0.172. The lowest BCUT2D eigenvalue weighted by atomic mass is 9.90. The lowest BCUT2D eigenvalue weighted by Gasteiger charge is -2.33. The number of rotatable bonds is 4. The summed E-state index contributed by atoms with van der Waals surface area (Å²) in [6, 6.07) is 54.0. The van der Waals surface area contributed by atoms with E-state index in [9.17, 15) is 0 Å². The zero-order valence-electron chi connectivity index (χ0n) is 26.4. The van der Waals surface area contributed by atoms with Crippen LogP contribution in [0.2, 0.25) is 0 Å². The van der Waals surface area contributed by atoms with Gasteiger partial charge in [0.05, 0.1) is 23.1 Å². The quantitative estimate of drug-likeness (QED) is 0.187. The Morgan fingerprint density at radius 1 is 0.510 bits per heavy atom. The maximum Gasteiger partial charge on any atom is 0.160 e. The van der Waals surface area contributed by atoms with E-state index >= 15 is 0 Å². The number of hydrogen-bond donors (Lipinski definition) is 0. The second kappa shape index (κ2) is 11.7. The number of aromatic nitrogens is 2. The highest BCUT2D eigenvalue weighted by molar-refractivity contribution is 8.11. The fourth-order valence-corrected chi connectivity index (χ4v) is 9.70. The van der Waals surface area contributed by atoms with Crippen LogP contribution in [0.4, 0.5) is 11.4 Å². The number of fused-ring (bicyclic) bond motifs is 7. The summed E-state index contributed by atoms with van der Waals surface area (Å²) in [7, 11) is 0. The molecule has 2 aliphatic heterocycles. The third kappa shape index (κ3) is 4.92. The normalized spacial score (nSPS) is 17.4. The Morgan fingerprint density at radius 3 is 1.78 bits per heavy atom. The van der Waals surface area contributed by atoms with Crippen LogP contribution in [-0.2, 0) is 0 Å². The zero-order chi connectivity index (χ0) is 32.3. The van der Waals surface area contributed by atoms with E-state index in [0.29, 0.717) is 0 Å². The molecule has 1 aliphatic carbocycles. The van der Waals surface area contributed by atoms with Gasteiger partial charge in [-0.25, -0.2) is 9.97 Å². The fourth-order valence-electron chi connectivity index (χ4n) is 7.34. The Hall–Kier alpha value is -5.36. The topological polar surface area (TPSA) is 29.0 Å². The van der Waals surface area contributed by atoms with E-state index in [2.05, 4.69) is 157 Å². The molecule has 6 aromatic carbocycles. The molecule has 0 amide bonds. The van der Waals surface area contributed by atoms with Crippen LogP contribution in [0.15, 0.2) is 183 Å². The minimum atomic E-state index is 0.172. The summed E-state index contributed by atoms with van der Waals surface area (Å²) in [6.07, 6.45) is 5.03. The van der Waals surface area contributed by atoms with E-state index in [1.165, 1.54) is 47.3 Å². The molecule has 3 heterocycles. The second-order valence-electron chi connectivity index (χ2n) is 12.6. The molecule has 3 aliphatic rings. The van der Waals surface area contributed by atoms with E-state index in [1.807, 2.05) is 35.7 Å². The maximum absolute atomic E-state index is 5.09.